The van der Waals surface area contributed by atoms with Crippen molar-refractivity contribution in [2.45, 2.75) is 6.04 Å². The van der Waals surface area contributed by atoms with Crippen molar-refractivity contribution in [3.8, 4) is 5.75 Å². The molecule has 0 unspecified atom stereocenters. The zero-order chi connectivity index (χ0) is 14.5. The van der Waals surface area contributed by atoms with Crippen molar-refractivity contribution < 1.29 is 15.0 Å². The third-order valence-electron chi connectivity index (χ3n) is 2.89. The van der Waals surface area contributed by atoms with Crippen molar-refractivity contribution in [1.82, 2.24) is 5.32 Å². The number of aromatic hydroxyl groups is 1. The highest BCUT2D eigenvalue weighted by atomic mass is 35.5. The monoisotopic (exact) mass is 291 g/mol. The number of aliphatic hydroxyl groups excluding tert-OH is 1. The molecule has 1 amide bonds. The van der Waals surface area contributed by atoms with Crippen LogP contribution in [0.3, 0.4) is 0 Å². The summed E-state index contributed by atoms with van der Waals surface area (Å²) < 4.78 is 0. The smallest absolute Gasteiger partial charge is 0.255 e. The quantitative estimate of drug-likeness (QED) is 0.811. The van der Waals surface area contributed by atoms with Crippen LogP contribution < -0.4 is 5.32 Å². The van der Waals surface area contributed by atoms with E-state index in [0.717, 1.165) is 5.56 Å². The van der Waals surface area contributed by atoms with Gasteiger partial charge >= 0.3 is 0 Å². The molecule has 0 saturated heterocycles. The van der Waals surface area contributed by atoms with Crippen molar-refractivity contribution in [1.29, 1.82) is 0 Å². The van der Waals surface area contributed by atoms with E-state index in [1.54, 1.807) is 12.1 Å². The van der Waals surface area contributed by atoms with Gasteiger partial charge in [0.2, 0.25) is 0 Å². The Hall–Kier alpha value is -2.04. The second-order valence-electron chi connectivity index (χ2n) is 4.28. The lowest BCUT2D eigenvalue weighted by Crippen LogP contribution is -2.30. The molecule has 2 aromatic carbocycles. The second-order valence-corrected chi connectivity index (χ2v) is 4.72. The van der Waals surface area contributed by atoms with Crippen LogP contribution in [0.2, 0.25) is 5.02 Å². The van der Waals surface area contributed by atoms with Crippen LogP contribution in [0.1, 0.15) is 22.0 Å². The van der Waals surface area contributed by atoms with Gasteiger partial charge < -0.3 is 15.5 Å². The van der Waals surface area contributed by atoms with Crippen molar-refractivity contribution >= 4 is 17.5 Å². The van der Waals surface area contributed by atoms with Gasteiger partial charge in [0, 0.05) is 5.02 Å². The minimum Gasteiger partial charge on any atom is -0.507 e. The van der Waals surface area contributed by atoms with Crippen molar-refractivity contribution in [3.63, 3.8) is 0 Å². The normalized spacial score (nSPS) is 11.9. The zero-order valence-electron chi connectivity index (χ0n) is 10.6. The van der Waals surface area contributed by atoms with Gasteiger partial charge in [-0.15, -0.1) is 0 Å². The number of nitrogens with one attached hydrogen (secondary N) is 1. The van der Waals surface area contributed by atoms with Crippen molar-refractivity contribution in [2.75, 3.05) is 6.61 Å². The van der Waals surface area contributed by atoms with Crippen molar-refractivity contribution in [3.05, 3.63) is 64.7 Å². The number of hydrogen-bond donors (Lipinski definition) is 3. The SMILES string of the molecule is O=C(N[C@H](CO)c1ccccc1)c1cc(Cl)ccc1O. The van der Waals surface area contributed by atoms with Crippen LogP contribution in [-0.4, -0.2) is 22.7 Å². The molecule has 0 spiro atoms. The Morgan fingerprint density at radius 1 is 1.20 bits per heavy atom. The van der Waals surface area contributed by atoms with Crippen LogP contribution in [0.25, 0.3) is 0 Å². The number of phenolic OH excluding ortho intramolecular Hbond substituents is 1. The van der Waals surface area contributed by atoms with Gasteiger partial charge in [0.05, 0.1) is 18.2 Å². The van der Waals surface area contributed by atoms with E-state index in [1.807, 2.05) is 18.2 Å². The van der Waals surface area contributed by atoms with Crippen LogP contribution in [0.15, 0.2) is 48.5 Å². The fraction of sp³-hybridized carbons (Fsp3) is 0.133. The predicted molar refractivity (Wildman–Crippen MR) is 76.9 cm³/mol. The number of aliphatic hydroxyl groups is 1. The van der Waals surface area contributed by atoms with Gasteiger partial charge in [-0.3, -0.25) is 4.79 Å². The molecule has 0 aliphatic rings. The molecule has 104 valence electrons. The molecular formula is C15H14ClNO3. The van der Waals surface area contributed by atoms with E-state index in [2.05, 4.69) is 5.32 Å². The molecule has 2 rings (SSSR count). The Kier molecular flexibility index (Phi) is 4.61. The first-order valence-electron chi connectivity index (χ1n) is 6.07. The van der Waals surface area contributed by atoms with Gasteiger partial charge in [-0.1, -0.05) is 41.9 Å². The number of carbonyl (C=O) groups is 1. The summed E-state index contributed by atoms with van der Waals surface area (Å²) in [6, 6.07) is 12.8. The first-order valence-corrected chi connectivity index (χ1v) is 6.45. The van der Waals surface area contributed by atoms with Gasteiger partial charge in [0.25, 0.3) is 5.91 Å². The standard InChI is InChI=1S/C15H14ClNO3/c16-11-6-7-14(19)12(8-11)15(20)17-13(9-18)10-4-2-1-3-5-10/h1-8,13,18-19H,9H2,(H,17,20)/t13-/m1/s1. The maximum atomic E-state index is 12.1. The molecule has 0 aromatic heterocycles. The largest absolute Gasteiger partial charge is 0.507 e. The third kappa shape index (κ3) is 3.29. The summed E-state index contributed by atoms with van der Waals surface area (Å²) in [5.41, 5.74) is 0.858. The van der Waals surface area contributed by atoms with Crippen molar-refractivity contribution in [2.24, 2.45) is 0 Å². The molecule has 0 aliphatic heterocycles. The highest BCUT2D eigenvalue weighted by Crippen LogP contribution is 2.22. The van der Waals surface area contributed by atoms with E-state index in [9.17, 15) is 15.0 Å². The molecule has 0 aliphatic carbocycles. The number of benzene rings is 2. The maximum absolute atomic E-state index is 12.1. The van der Waals surface area contributed by atoms with Gasteiger partial charge in [-0.05, 0) is 23.8 Å². The van der Waals surface area contributed by atoms with Gasteiger partial charge in [0.1, 0.15) is 5.75 Å². The van der Waals surface area contributed by atoms with Crippen LogP contribution in [0.4, 0.5) is 0 Å². The van der Waals surface area contributed by atoms with E-state index in [0.29, 0.717) is 5.02 Å². The van der Waals surface area contributed by atoms with E-state index < -0.39 is 11.9 Å². The lowest BCUT2D eigenvalue weighted by atomic mass is 10.1. The van der Waals surface area contributed by atoms with Crippen LogP contribution >= 0.6 is 11.6 Å². The number of halogens is 1. The lowest BCUT2D eigenvalue weighted by Gasteiger charge is -2.17. The number of hydrogen-bond acceptors (Lipinski definition) is 3. The highest BCUT2D eigenvalue weighted by molar-refractivity contribution is 6.31. The number of amides is 1. The van der Waals surface area contributed by atoms with Crippen LogP contribution in [0.5, 0.6) is 5.75 Å². The summed E-state index contributed by atoms with van der Waals surface area (Å²) in [6.45, 7) is -0.239. The number of phenols is 1. The van der Waals surface area contributed by atoms with E-state index in [4.69, 9.17) is 11.6 Å². The summed E-state index contributed by atoms with van der Waals surface area (Å²) in [4.78, 5) is 12.1. The molecule has 0 fully saturated rings. The summed E-state index contributed by atoms with van der Waals surface area (Å²) in [6.07, 6.45) is 0. The Labute approximate surface area is 121 Å². The number of carbonyl (C=O) groups excluding carboxylic acids is 1. The molecule has 0 radical (unpaired) electrons. The average Bonchev–Trinajstić information content (AvgIpc) is 2.48. The fourth-order valence-corrected chi connectivity index (χ4v) is 2.02. The topological polar surface area (TPSA) is 69.6 Å². The Morgan fingerprint density at radius 3 is 2.55 bits per heavy atom. The second kappa shape index (κ2) is 6.41. The minimum absolute atomic E-state index is 0.0758. The Bertz CT molecular complexity index is 601. The molecular weight excluding hydrogens is 278 g/mol. The molecule has 20 heavy (non-hydrogen) atoms. The third-order valence-corrected chi connectivity index (χ3v) is 3.13. The predicted octanol–water partition coefficient (Wildman–Crippen LogP) is 2.51. The molecule has 2 aromatic rings. The summed E-state index contributed by atoms with van der Waals surface area (Å²) in [7, 11) is 0. The molecule has 0 saturated carbocycles. The highest BCUT2D eigenvalue weighted by Gasteiger charge is 2.17. The fourth-order valence-electron chi connectivity index (χ4n) is 1.85. The zero-order valence-corrected chi connectivity index (χ0v) is 11.3. The average molecular weight is 292 g/mol. The van der Waals surface area contributed by atoms with Crippen LogP contribution in [0, 0.1) is 0 Å². The summed E-state index contributed by atoms with van der Waals surface area (Å²) in [5.74, 6) is -0.649. The van der Waals surface area contributed by atoms with Gasteiger partial charge in [0.15, 0.2) is 0 Å². The van der Waals surface area contributed by atoms with Gasteiger partial charge in [-0.2, -0.15) is 0 Å². The molecule has 4 nitrogen and oxygen atoms in total. The molecule has 5 heteroatoms. The maximum Gasteiger partial charge on any atom is 0.255 e. The number of rotatable bonds is 4. The first kappa shape index (κ1) is 14.4. The van der Waals surface area contributed by atoms with Gasteiger partial charge in [-0.25, -0.2) is 0 Å². The molecule has 0 bridgehead atoms. The molecule has 3 N–H and O–H groups in total. The minimum atomic E-state index is -0.540. The summed E-state index contributed by atoms with van der Waals surface area (Å²) in [5, 5.41) is 22.1. The Balaban J connectivity index is 2.20. The van der Waals surface area contributed by atoms with Crippen LogP contribution in [-0.2, 0) is 0 Å². The van der Waals surface area contributed by atoms with E-state index in [1.165, 1.54) is 18.2 Å². The lowest BCUT2D eigenvalue weighted by molar-refractivity contribution is 0.0913. The van der Waals surface area contributed by atoms with E-state index in [-0.39, 0.29) is 17.9 Å². The summed E-state index contributed by atoms with van der Waals surface area (Å²) >= 11 is 5.81. The first-order chi connectivity index (χ1) is 9.61. The molecule has 1 atom stereocenters. The Morgan fingerprint density at radius 2 is 1.90 bits per heavy atom. The molecule has 0 heterocycles. The van der Waals surface area contributed by atoms with E-state index >= 15 is 0 Å².